The molecule has 2 aliphatic rings. The number of nitrogens with zero attached hydrogens (tertiary/aromatic N) is 4. The number of halogens is 1. The van der Waals surface area contributed by atoms with Crippen LogP contribution in [0.1, 0.15) is 38.0 Å². The van der Waals surface area contributed by atoms with Gasteiger partial charge in [0, 0.05) is 36.4 Å². The molecule has 13 nitrogen and oxygen atoms in total. The molecule has 2 amide bonds. The van der Waals surface area contributed by atoms with Gasteiger partial charge in [-0.15, -0.1) is 0 Å². The summed E-state index contributed by atoms with van der Waals surface area (Å²) < 4.78 is 52.7. The number of carbonyl (C=O) groups excluding carboxylic acids is 3. The van der Waals surface area contributed by atoms with Gasteiger partial charge < -0.3 is 23.8 Å². The number of anilines is 2. The molecule has 3 aromatic rings. The fourth-order valence-electron chi connectivity index (χ4n) is 4.63. The highest BCUT2D eigenvalue weighted by Crippen LogP contribution is 2.31. The van der Waals surface area contributed by atoms with Gasteiger partial charge in [-0.2, -0.15) is 4.36 Å². The van der Waals surface area contributed by atoms with E-state index in [2.05, 4.69) is 20.0 Å². The second-order valence-corrected chi connectivity index (χ2v) is 13.1. The van der Waals surface area contributed by atoms with Crippen LogP contribution in [0.25, 0.3) is 5.57 Å². The van der Waals surface area contributed by atoms with Crippen molar-refractivity contribution in [2.45, 2.75) is 44.8 Å². The maximum atomic E-state index is 15.2. The van der Waals surface area contributed by atoms with Crippen molar-refractivity contribution in [3.63, 3.8) is 0 Å². The summed E-state index contributed by atoms with van der Waals surface area (Å²) in [6.07, 6.45) is 3.04. The van der Waals surface area contributed by atoms with Crippen LogP contribution < -0.4 is 10.2 Å². The lowest BCUT2D eigenvalue weighted by Gasteiger charge is -2.26. The molecule has 0 spiro atoms. The molecule has 1 fully saturated rings. The molecule has 1 N–H and O–H groups in total. The Labute approximate surface area is 246 Å². The Kier molecular flexibility index (Phi) is 8.62. The van der Waals surface area contributed by atoms with Crippen molar-refractivity contribution < 1.29 is 41.5 Å². The molecule has 0 radical (unpaired) electrons. The monoisotopic (exact) mass is 615 g/mol. The van der Waals surface area contributed by atoms with Gasteiger partial charge in [0.1, 0.15) is 23.4 Å². The molecule has 1 unspecified atom stereocenters. The van der Waals surface area contributed by atoms with Crippen molar-refractivity contribution in [3.8, 4) is 0 Å². The molecule has 0 saturated carbocycles. The van der Waals surface area contributed by atoms with Crippen molar-refractivity contribution in [1.29, 1.82) is 0 Å². The van der Waals surface area contributed by atoms with Crippen LogP contribution in [0.4, 0.5) is 20.7 Å². The summed E-state index contributed by atoms with van der Waals surface area (Å²) in [5.74, 6) is -0.903. The van der Waals surface area contributed by atoms with Gasteiger partial charge >= 0.3 is 12.1 Å². The number of benzene rings is 1. The number of hydrogen-bond acceptors (Lipinski definition) is 11. The average molecular weight is 616 g/mol. The molecular formula is C28H30FN5O8S. The van der Waals surface area contributed by atoms with Crippen LogP contribution in [-0.2, 0) is 35.2 Å². The van der Waals surface area contributed by atoms with Crippen molar-refractivity contribution in [2.24, 2.45) is 4.36 Å². The first kappa shape index (κ1) is 29.9. The lowest BCUT2D eigenvalue weighted by molar-refractivity contribution is -0.164. The van der Waals surface area contributed by atoms with E-state index in [0.717, 1.165) is 0 Å². The van der Waals surface area contributed by atoms with Gasteiger partial charge in [-0.3, -0.25) is 9.69 Å². The Balaban J connectivity index is 1.18. The number of cyclic esters (lactones) is 1. The number of ether oxygens (including phenoxy) is 2. The van der Waals surface area contributed by atoms with Crippen LogP contribution in [0.15, 0.2) is 62.3 Å². The number of allylic oxidation sites excluding steroid dienone is 1. The van der Waals surface area contributed by atoms with E-state index in [1.54, 1.807) is 32.1 Å². The predicted octanol–water partition coefficient (Wildman–Crippen LogP) is 3.98. The molecule has 2 aromatic heterocycles. The number of nitrogens with one attached hydrogen (secondary N) is 1. The third-order valence-corrected chi connectivity index (χ3v) is 8.96. The Morgan fingerprint density at radius 1 is 1.28 bits per heavy atom. The second kappa shape index (κ2) is 12.4. The number of carbonyl (C=O) groups is 3. The zero-order valence-corrected chi connectivity index (χ0v) is 24.3. The van der Waals surface area contributed by atoms with Crippen molar-refractivity contribution in [3.05, 3.63) is 66.0 Å². The highest BCUT2D eigenvalue weighted by atomic mass is 32.2. The SMILES string of the molecule is CC(C)(CCNc1ccon1)OC(=O)[C@H]1CN(c2ccc(C3=CCS(=O)(=NC(=O)Cc4ccno4)CC3)c(F)c2)C(=O)O1. The number of rotatable bonds is 10. The topological polar surface area (TPSA) is 166 Å². The minimum atomic E-state index is -2.83. The Bertz CT molecular complexity index is 1640. The van der Waals surface area contributed by atoms with Gasteiger partial charge in [0.2, 0.25) is 6.10 Å². The van der Waals surface area contributed by atoms with E-state index >= 15 is 4.39 Å². The van der Waals surface area contributed by atoms with E-state index in [9.17, 15) is 18.6 Å². The van der Waals surface area contributed by atoms with Gasteiger partial charge in [-0.25, -0.2) is 18.2 Å². The van der Waals surface area contributed by atoms with E-state index < -0.39 is 45.2 Å². The Morgan fingerprint density at radius 2 is 2.12 bits per heavy atom. The van der Waals surface area contributed by atoms with Gasteiger partial charge in [-0.05, 0) is 44.0 Å². The largest absolute Gasteiger partial charge is 0.457 e. The molecule has 0 aliphatic carbocycles. The molecular weight excluding hydrogens is 585 g/mol. The summed E-state index contributed by atoms with van der Waals surface area (Å²) in [6.45, 7) is 3.79. The fourth-order valence-corrected chi connectivity index (χ4v) is 6.40. The zero-order chi connectivity index (χ0) is 30.6. The Hall–Kier alpha value is -4.53. The minimum Gasteiger partial charge on any atom is -0.457 e. The maximum absolute atomic E-state index is 15.2. The molecule has 2 atom stereocenters. The summed E-state index contributed by atoms with van der Waals surface area (Å²) in [5.41, 5.74) is 0.246. The number of amides is 2. The molecule has 43 heavy (non-hydrogen) atoms. The standard InChI is InChI=1S/C28H30FN5O8S/c1-28(2,9-11-30-24-6-12-39-32-24)41-26(36)23-17-34(27(37)40-23)19-3-4-21(22(29)15-19)18-7-13-43(38,14-8-18)33-25(35)16-20-5-10-31-42-20/h3-7,10,12,15,23H,8-9,11,13-14,16-17H2,1-2H3,(H,30,32)/t23-,43?/m1/s1. The van der Waals surface area contributed by atoms with E-state index in [1.807, 2.05) is 0 Å². The summed E-state index contributed by atoms with van der Waals surface area (Å²) >= 11 is 0. The highest BCUT2D eigenvalue weighted by Gasteiger charge is 2.40. The van der Waals surface area contributed by atoms with Crippen molar-refractivity contribution >= 4 is 44.8 Å². The average Bonchev–Trinajstić information content (AvgIpc) is 3.72. The first-order chi connectivity index (χ1) is 20.5. The molecule has 1 aromatic carbocycles. The van der Waals surface area contributed by atoms with Gasteiger partial charge in [-0.1, -0.05) is 16.4 Å². The van der Waals surface area contributed by atoms with Crippen LogP contribution in [0.2, 0.25) is 0 Å². The molecule has 2 aliphatic heterocycles. The summed E-state index contributed by atoms with van der Waals surface area (Å²) in [4.78, 5) is 38.7. The number of hydrogen-bond donors (Lipinski definition) is 1. The van der Waals surface area contributed by atoms with Crippen LogP contribution in [0.3, 0.4) is 0 Å². The van der Waals surface area contributed by atoms with Gasteiger partial charge in [0.05, 0.1) is 40.3 Å². The second-order valence-electron chi connectivity index (χ2n) is 10.7. The molecule has 15 heteroatoms. The van der Waals surface area contributed by atoms with E-state index in [1.165, 1.54) is 35.6 Å². The lowest BCUT2D eigenvalue weighted by atomic mass is 10.0. The summed E-state index contributed by atoms with van der Waals surface area (Å²) in [6, 6.07) is 7.44. The van der Waals surface area contributed by atoms with Gasteiger partial charge in [0.15, 0.2) is 5.82 Å². The zero-order valence-electron chi connectivity index (χ0n) is 23.5. The predicted molar refractivity (Wildman–Crippen MR) is 152 cm³/mol. The molecule has 228 valence electrons. The van der Waals surface area contributed by atoms with E-state index in [0.29, 0.717) is 30.1 Å². The quantitative estimate of drug-likeness (QED) is 0.328. The van der Waals surface area contributed by atoms with Crippen molar-refractivity contribution in [1.82, 2.24) is 10.3 Å². The third kappa shape index (κ3) is 7.46. The normalized spacial score (nSPS) is 20.3. The van der Waals surface area contributed by atoms with E-state index in [-0.39, 0.29) is 42.1 Å². The first-order valence-electron chi connectivity index (χ1n) is 13.5. The first-order valence-corrected chi connectivity index (χ1v) is 15.3. The maximum Gasteiger partial charge on any atom is 0.415 e. The van der Waals surface area contributed by atoms with Gasteiger partial charge in [0.25, 0.3) is 5.91 Å². The molecule has 1 saturated heterocycles. The Morgan fingerprint density at radius 3 is 2.79 bits per heavy atom. The van der Waals surface area contributed by atoms with Crippen LogP contribution in [-0.4, -0.2) is 68.8 Å². The van der Waals surface area contributed by atoms with Crippen LogP contribution in [0.5, 0.6) is 0 Å². The summed E-state index contributed by atoms with van der Waals surface area (Å²) in [5, 5.41) is 10.3. The summed E-state index contributed by atoms with van der Waals surface area (Å²) in [7, 11) is -2.83. The van der Waals surface area contributed by atoms with Crippen molar-refractivity contribution in [2.75, 3.05) is 34.8 Å². The highest BCUT2D eigenvalue weighted by molar-refractivity contribution is 7.94. The lowest BCUT2D eigenvalue weighted by Crippen LogP contribution is -2.37. The van der Waals surface area contributed by atoms with E-state index in [4.69, 9.17) is 18.5 Å². The third-order valence-electron chi connectivity index (χ3n) is 6.90. The molecule has 5 rings (SSSR count). The molecule has 4 heterocycles. The molecule has 0 bridgehead atoms. The minimum absolute atomic E-state index is 0.000534. The number of esters is 1. The number of aromatic nitrogens is 2. The van der Waals surface area contributed by atoms with Crippen LogP contribution in [0, 0.1) is 5.82 Å². The smallest absolute Gasteiger partial charge is 0.415 e. The fraction of sp³-hybridized carbons (Fsp3) is 0.393. The van der Waals surface area contributed by atoms with Crippen LogP contribution >= 0.6 is 0 Å².